The van der Waals surface area contributed by atoms with Gasteiger partial charge in [-0.05, 0) is 62.1 Å². The molecule has 0 bridgehead atoms. The van der Waals surface area contributed by atoms with Gasteiger partial charge in [0.2, 0.25) is 5.91 Å². The quantitative estimate of drug-likeness (QED) is 0.508. The molecule has 4 aromatic rings. The molecule has 0 saturated carbocycles. The number of carbonyl (C=O) groups is 1. The van der Waals surface area contributed by atoms with Crippen LogP contribution >= 0.6 is 11.3 Å². The summed E-state index contributed by atoms with van der Waals surface area (Å²) in [5.41, 5.74) is 6.95. The number of rotatable bonds is 4. The zero-order valence-corrected chi connectivity index (χ0v) is 18.3. The molecule has 6 heteroatoms. The van der Waals surface area contributed by atoms with Crippen molar-refractivity contribution in [3.63, 3.8) is 0 Å². The lowest BCUT2D eigenvalue weighted by molar-refractivity contribution is -0.116. The first kappa shape index (κ1) is 20.0. The van der Waals surface area contributed by atoms with E-state index in [9.17, 15) is 9.59 Å². The molecule has 30 heavy (non-hydrogen) atoms. The van der Waals surface area contributed by atoms with Crippen molar-refractivity contribution in [2.75, 3.05) is 5.32 Å². The van der Waals surface area contributed by atoms with Crippen molar-refractivity contribution in [2.45, 2.75) is 34.2 Å². The lowest BCUT2D eigenvalue weighted by atomic mass is 9.99. The van der Waals surface area contributed by atoms with E-state index in [2.05, 4.69) is 16.4 Å². The SMILES string of the molecule is Cc1ccc(-c2csc3ncn(CC(=O)Nc4ccc(C)c(C)c4)c(=O)c23)c(C)c1. The molecule has 0 radical (unpaired) electrons. The van der Waals surface area contributed by atoms with E-state index in [1.807, 2.05) is 63.4 Å². The number of thiophene rings is 1. The number of nitrogens with one attached hydrogen (secondary N) is 1. The van der Waals surface area contributed by atoms with Gasteiger partial charge in [0.25, 0.3) is 5.56 Å². The van der Waals surface area contributed by atoms with E-state index in [0.717, 1.165) is 33.5 Å². The third kappa shape index (κ3) is 3.78. The number of aryl methyl sites for hydroxylation is 4. The number of amides is 1. The highest BCUT2D eigenvalue weighted by atomic mass is 32.1. The van der Waals surface area contributed by atoms with Crippen molar-refractivity contribution < 1.29 is 4.79 Å². The minimum Gasteiger partial charge on any atom is -0.325 e. The molecule has 1 amide bonds. The second kappa shape index (κ2) is 7.88. The van der Waals surface area contributed by atoms with Crippen molar-refractivity contribution >= 4 is 33.1 Å². The number of hydrogen-bond donors (Lipinski definition) is 1. The molecule has 0 saturated heterocycles. The lowest BCUT2D eigenvalue weighted by Crippen LogP contribution is -2.27. The zero-order valence-electron chi connectivity index (χ0n) is 17.4. The van der Waals surface area contributed by atoms with Crippen LogP contribution in [0.25, 0.3) is 21.3 Å². The first-order valence-electron chi connectivity index (χ1n) is 9.75. The van der Waals surface area contributed by atoms with Gasteiger partial charge in [0.05, 0.1) is 11.7 Å². The van der Waals surface area contributed by atoms with Crippen molar-refractivity contribution in [3.05, 3.63) is 80.7 Å². The van der Waals surface area contributed by atoms with Crippen molar-refractivity contribution in [1.82, 2.24) is 9.55 Å². The van der Waals surface area contributed by atoms with Crippen LogP contribution in [0.4, 0.5) is 5.69 Å². The van der Waals surface area contributed by atoms with Gasteiger partial charge in [-0.1, -0.05) is 29.8 Å². The normalized spacial score (nSPS) is 11.1. The van der Waals surface area contributed by atoms with Crippen LogP contribution < -0.4 is 10.9 Å². The Balaban J connectivity index is 1.67. The summed E-state index contributed by atoms with van der Waals surface area (Å²) < 4.78 is 1.37. The Morgan fingerprint density at radius 2 is 1.80 bits per heavy atom. The average molecular weight is 418 g/mol. The molecular formula is C24H23N3O2S. The number of nitrogens with zero attached hydrogens (tertiary/aromatic N) is 2. The fourth-order valence-electron chi connectivity index (χ4n) is 3.57. The maximum atomic E-state index is 13.2. The molecule has 0 unspecified atom stereocenters. The number of benzene rings is 2. The molecular weight excluding hydrogens is 394 g/mol. The third-order valence-corrected chi connectivity index (χ3v) is 6.22. The Bertz CT molecular complexity index is 1330. The Hall–Kier alpha value is -3.25. The van der Waals surface area contributed by atoms with E-state index in [1.54, 1.807) is 0 Å². The fourth-order valence-corrected chi connectivity index (χ4v) is 4.47. The molecule has 0 atom stereocenters. The van der Waals surface area contributed by atoms with E-state index < -0.39 is 0 Å². The van der Waals surface area contributed by atoms with E-state index in [0.29, 0.717) is 10.2 Å². The van der Waals surface area contributed by atoms with Gasteiger partial charge in [-0.2, -0.15) is 0 Å². The Morgan fingerprint density at radius 1 is 1.00 bits per heavy atom. The monoisotopic (exact) mass is 417 g/mol. The lowest BCUT2D eigenvalue weighted by Gasteiger charge is -2.10. The van der Waals surface area contributed by atoms with E-state index in [1.165, 1.54) is 27.8 Å². The smallest absolute Gasteiger partial charge is 0.263 e. The van der Waals surface area contributed by atoms with Gasteiger partial charge in [0.1, 0.15) is 11.4 Å². The molecule has 1 N–H and O–H groups in total. The first-order chi connectivity index (χ1) is 14.3. The third-order valence-electron chi connectivity index (χ3n) is 5.34. The topological polar surface area (TPSA) is 64.0 Å². The van der Waals surface area contributed by atoms with Crippen LogP contribution in [0.2, 0.25) is 0 Å². The summed E-state index contributed by atoms with van der Waals surface area (Å²) >= 11 is 1.44. The van der Waals surface area contributed by atoms with Gasteiger partial charge < -0.3 is 5.32 Å². The molecule has 2 heterocycles. The van der Waals surface area contributed by atoms with Crippen LogP contribution in [0, 0.1) is 27.7 Å². The Morgan fingerprint density at radius 3 is 2.53 bits per heavy atom. The van der Waals surface area contributed by atoms with Gasteiger partial charge in [0, 0.05) is 16.6 Å². The molecule has 4 rings (SSSR count). The molecule has 0 fully saturated rings. The molecule has 5 nitrogen and oxygen atoms in total. The van der Waals surface area contributed by atoms with Crippen LogP contribution in [-0.2, 0) is 11.3 Å². The highest BCUT2D eigenvalue weighted by Gasteiger charge is 2.16. The largest absolute Gasteiger partial charge is 0.325 e. The summed E-state index contributed by atoms with van der Waals surface area (Å²) in [6, 6.07) is 11.9. The van der Waals surface area contributed by atoms with Gasteiger partial charge >= 0.3 is 0 Å². The Labute approximate surface area is 179 Å². The number of aromatic nitrogens is 2. The maximum absolute atomic E-state index is 13.2. The minimum atomic E-state index is -0.259. The second-order valence-corrected chi connectivity index (χ2v) is 8.53. The summed E-state index contributed by atoms with van der Waals surface area (Å²) in [6.45, 7) is 8.02. The van der Waals surface area contributed by atoms with Gasteiger partial charge in [-0.15, -0.1) is 11.3 Å². The first-order valence-corrected chi connectivity index (χ1v) is 10.6. The Kier molecular flexibility index (Phi) is 5.26. The number of carbonyl (C=O) groups excluding carboxylic acids is 1. The van der Waals surface area contributed by atoms with Crippen LogP contribution in [0.3, 0.4) is 0 Å². The van der Waals surface area contributed by atoms with Crippen LogP contribution in [-0.4, -0.2) is 15.5 Å². The van der Waals surface area contributed by atoms with Crippen LogP contribution in [0.1, 0.15) is 22.3 Å². The predicted molar refractivity (Wildman–Crippen MR) is 123 cm³/mol. The van der Waals surface area contributed by atoms with Crippen molar-refractivity contribution in [3.8, 4) is 11.1 Å². The molecule has 2 aromatic heterocycles. The van der Waals surface area contributed by atoms with Crippen LogP contribution in [0.15, 0.2) is 52.9 Å². The molecule has 0 aliphatic rings. The summed E-state index contributed by atoms with van der Waals surface area (Å²) in [6.07, 6.45) is 1.45. The zero-order chi connectivity index (χ0) is 21.4. The highest BCUT2D eigenvalue weighted by Crippen LogP contribution is 2.33. The minimum absolute atomic E-state index is 0.0864. The molecule has 152 valence electrons. The van der Waals surface area contributed by atoms with E-state index >= 15 is 0 Å². The summed E-state index contributed by atoms with van der Waals surface area (Å²) in [7, 11) is 0. The van der Waals surface area contributed by atoms with Gasteiger partial charge in [-0.3, -0.25) is 14.2 Å². The second-order valence-electron chi connectivity index (χ2n) is 7.67. The van der Waals surface area contributed by atoms with E-state index in [4.69, 9.17) is 0 Å². The average Bonchev–Trinajstić information content (AvgIpc) is 3.11. The summed E-state index contributed by atoms with van der Waals surface area (Å²) in [5, 5.41) is 5.40. The van der Waals surface area contributed by atoms with Gasteiger partial charge in [-0.25, -0.2) is 4.98 Å². The molecule has 0 aliphatic carbocycles. The van der Waals surface area contributed by atoms with Crippen LogP contribution in [0.5, 0.6) is 0 Å². The summed E-state index contributed by atoms with van der Waals surface area (Å²) in [4.78, 5) is 30.9. The number of hydrogen-bond acceptors (Lipinski definition) is 4. The maximum Gasteiger partial charge on any atom is 0.263 e. The molecule has 2 aromatic carbocycles. The standard InChI is InChI=1S/C24H23N3O2S/c1-14-5-8-19(17(4)9-14)20-12-30-23-22(20)24(29)27(13-25-23)11-21(28)26-18-7-6-15(2)16(3)10-18/h5-10,12-13H,11H2,1-4H3,(H,26,28). The van der Waals surface area contributed by atoms with E-state index in [-0.39, 0.29) is 18.0 Å². The number of fused-ring (bicyclic) bond motifs is 1. The molecule has 0 spiro atoms. The highest BCUT2D eigenvalue weighted by molar-refractivity contribution is 7.17. The van der Waals surface area contributed by atoms with Crippen molar-refractivity contribution in [2.24, 2.45) is 0 Å². The predicted octanol–water partition coefficient (Wildman–Crippen LogP) is 5.00. The molecule has 0 aliphatic heterocycles. The number of anilines is 1. The summed E-state index contributed by atoms with van der Waals surface area (Å²) in [5.74, 6) is -0.259. The fraction of sp³-hybridized carbons (Fsp3) is 0.208. The van der Waals surface area contributed by atoms with Crippen molar-refractivity contribution in [1.29, 1.82) is 0 Å². The van der Waals surface area contributed by atoms with Gasteiger partial charge in [0.15, 0.2) is 0 Å².